The molecule has 4 aromatic rings. The lowest BCUT2D eigenvalue weighted by Crippen LogP contribution is -2.08. The SMILES string of the molecule is CC(C)c1ccc(-c2nc(CS(=O)(=O)Cc3nc(-c4ccccc4)no3)cs2)cc1. The van der Waals surface area contributed by atoms with Crippen molar-refractivity contribution in [2.24, 2.45) is 0 Å². The Morgan fingerprint density at radius 1 is 0.933 bits per heavy atom. The maximum absolute atomic E-state index is 12.6. The second kappa shape index (κ2) is 8.49. The average Bonchev–Trinajstić information content (AvgIpc) is 3.38. The van der Waals surface area contributed by atoms with E-state index in [-0.39, 0.29) is 17.4 Å². The molecule has 2 aromatic carbocycles. The highest BCUT2D eigenvalue weighted by molar-refractivity contribution is 7.89. The van der Waals surface area contributed by atoms with Gasteiger partial charge in [0.25, 0.3) is 0 Å². The molecule has 0 spiro atoms. The molecule has 0 aliphatic carbocycles. The van der Waals surface area contributed by atoms with Crippen molar-refractivity contribution in [3.05, 3.63) is 77.1 Å². The summed E-state index contributed by atoms with van der Waals surface area (Å²) in [5.74, 6) is 0.428. The minimum atomic E-state index is -3.50. The third-order valence-electron chi connectivity index (χ3n) is 4.59. The monoisotopic (exact) mass is 439 g/mol. The summed E-state index contributed by atoms with van der Waals surface area (Å²) in [5, 5.41) is 6.47. The molecule has 0 fully saturated rings. The van der Waals surface area contributed by atoms with E-state index in [0.717, 1.165) is 16.1 Å². The standard InChI is InChI=1S/C22H21N3O3S2/c1-15(2)16-8-10-18(11-9-16)22-23-19(12-29-22)13-30(26,27)14-20-24-21(25-28-20)17-6-4-3-5-7-17/h3-12,15H,13-14H2,1-2H3. The quantitative estimate of drug-likeness (QED) is 0.398. The molecule has 0 N–H and O–H groups in total. The van der Waals surface area contributed by atoms with Gasteiger partial charge in [-0.2, -0.15) is 4.98 Å². The first-order valence-electron chi connectivity index (χ1n) is 9.53. The predicted molar refractivity (Wildman–Crippen MR) is 118 cm³/mol. The summed E-state index contributed by atoms with van der Waals surface area (Å²) in [6.07, 6.45) is 0. The molecule has 0 bridgehead atoms. The Kier molecular flexibility index (Phi) is 5.78. The van der Waals surface area contributed by atoms with Crippen molar-refractivity contribution < 1.29 is 12.9 Å². The molecule has 0 radical (unpaired) electrons. The van der Waals surface area contributed by atoms with Crippen molar-refractivity contribution in [1.82, 2.24) is 15.1 Å². The highest BCUT2D eigenvalue weighted by Gasteiger charge is 2.20. The Morgan fingerprint density at radius 2 is 1.67 bits per heavy atom. The topological polar surface area (TPSA) is 86.0 Å². The van der Waals surface area contributed by atoms with Crippen molar-refractivity contribution in [3.63, 3.8) is 0 Å². The maximum Gasteiger partial charge on any atom is 0.242 e. The van der Waals surface area contributed by atoms with Crippen LogP contribution in [0.5, 0.6) is 0 Å². The summed E-state index contributed by atoms with van der Waals surface area (Å²) in [6.45, 7) is 4.29. The lowest BCUT2D eigenvalue weighted by molar-refractivity contribution is 0.389. The molecule has 2 aromatic heterocycles. The summed E-state index contributed by atoms with van der Waals surface area (Å²) in [6, 6.07) is 17.5. The van der Waals surface area contributed by atoms with Gasteiger partial charge < -0.3 is 4.52 Å². The number of benzene rings is 2. The fraction of sp³-hybridized carbons (Fsp3) is 0.227. The molecule has 6 nitrogen and oxygen atoms in total. The number of hydrogen-bond donors (Lipinski definition) is 0. The van der Waals surface area contributed by atoms with E-state index in [0.29, 0.717) is 17.4 Å². The molecule has 0 aliphatic rings. The van der Waals surface area contributed by atoms with Crippen molar-refractivity contribution >= 4 is 21.2 Å². The van der Waals surface area contributed by atoms with Crippen LogP contribution < -0.4 is 0 Å². The van der Waals surface area contributed by atoms with Gasteiger partial charge in [-0.3, -0.25) is 0 Å². The minimum Gasteiger partial charge on any atom is -0.338 e. The van der Waals surface area contributed by atoms with Gasteiger partial charge in [0, 0.05) is 16.5 Å². The average molecular weight is 440 g/mol. The summed E-state index contributed by atoms with van der Waals surface area (Å²) in [7, 11) is -3.50. The van der Waals surface area contributed by atoms with Gasteiger partial charge in [0.1, 0.15) is 10.8 Å². The first-order valence-corrected chi connectivity index (χ1v) is 12.2. The van der Waals surface area contributed by atoms with Crippen LogP contribution in [0, 0.1) is 0 Å². The zero-order valence-corrected chi connectivity index (χ0v) is 18.3. The van der Waals surface area contributed by atoms with Crippen molar-refractivity contribution in [2.45, 2.75) is 31.3 Å². The third-order valence-corrected chi connectivity index (χ3v) is 6.95. The second-order valence-corrected chi connectivity index (χ2v) is 10.3. The van der Waals surface area contributed by atoms with Gasteiger partial charge in [0.15, 0.2) is 9.84 Å². The Labute approximate surface area is 179 Å². The van der Waals surface area contributed by atoms with E-state index < -0.39 is 9.84 Å². The number of sulfone groups is 1. The number of hydrogen-bond acceptors (Lipinski definition) is 7. The summed E-state index contributed by atoms with van der Waals surface area (Å²) in [4.78, 5) is 8.72. The molecule has 0 amide bonds. The summed E-state index contributed by atoms with van der Waals surface area (Å²) >= 11 is 1.44. The van der Waals surface area contributed by atoms with Crippen LogP contribution in [0.3, 0.4) is 0 Å². The van der Waals surface area contributed by atoms with Crippen LogP contribution in [-0.2, 0) is 21.3 Å². The van der Waals surface area contributed by atoms with E-state index in [2.05, 4.69) is 41.1 Å². The zero-order valence-electron chi connectivity index (χ0n) is 16.6. The molecule has 0 saturated heterocycles. The minimum absolute atomic E-state index is 0.0774. The molecule has 2 heterocycles. The zero-order chi connectivity index (χ0) is 21.1. The Bertz CT molecular complexity index is 1230. The van der Waals surface area contributed by atoms with Crippen LogP contribution in [-0.4, -0.2) is 23.5 Å². The van der Waals surface area contributed by atoms with Crippen LogP contribution in [0.1, 0.15) is 36.9 Å². The normalized spacial score (nSPS) is 11.8. The molecule has 0 atom stereocenters. The van der Waals surface area contributed by atoms with Crippen molar-refractivity contribution in [3.8, 4) is 22.0 Å². The molecule has 30 heavy (non-hydrogen) atoms. The first kappa shape index (κ1) is 20.4. The smallest absolute Gasteiger partial charge is 0.242 e. The van der Waals surface area contributed by atoms with Crippen LogP contribution >= 0.6 is 11.3 Å². The number of nitrogens with zero attached hydrogens (tertiary/aromatic N) is 3. The fourth-order valence-corrected chi connectivity index (χ4v) is 5.12. The van der Waals surface area contributed by atoms with E-state index in [1.807, 2.05) is 42.5 Å². The molecular formula is C22H21N3O3S2. The van der Waals surface area contributed by atoms with Crippen molar-refractivity contribution in [1.29, 1.82) is 0 Å². The van der Waals surface area contributed by atoms with Gasteiger partial charge in [-0.05, 0) is 11.5 Å². The number of thiazole rings is 1. The van der Waals surface area contributed by atoms with Crippen LogP contribution in [0.15, 0.2) is 64.5 Å². The highest BCUT2D eigenvalue weighted by Crippen LogP contribution is 2.27. The molecular weight excluding hydrogens is 418 g/mol. The van der Waals surface area contributed by atoms with Crippen LogP contribution in [0.25, 0.3) is 22.0 Å². The fourth-order valence-electron chi connectivity index (χ4n) is 3.00. The lowest BCUT2D eigenvalue weighted by Gasteiger charge is -2.05. The van der Waals surface area contributed by atoms with E-state index in [1.54, 1.807) is 5.38 Å². The maximum atomic E-state index is 12.6. The number of aromatic nitrogens is 3. The molecule has 154 valence electrons. The van der Waals surface area contributed by atoms with Gasteiger partial charge in [-0.25, -0.2) is 13.4 Å². The van der Waals surface area contributed by atoms with Gasteiger partial charge in [-0.15, -0.1) is 11.3 Å². The Hall–Kier alpha value is -2.84. The Balaban J connectivity index is 1.45. The first-order chi connectivity index (χ1) is 14.4. The number of rotatable bonds is 7. The predicted octanol–water partition coefficient (Wildman–Crippen LogP) is 5.10. The van der Waals surface area contributed by atoms with E-state index in [1.165, 1.54) is 16.9 Å². The van der Waals surface area contributed by atoms with Gasteiger partial charge in [0.05, 0.1) is 11.4 Å². The van der Waals surface area contributed by atoms with Gasteiger partial charge in [-0.1, -0.05) is 73.6 Å². The largest absolute Gasteiger partial charge is 0.338 e. The molecule has 0 saturated carbocycles. The summed E-state index contributed by atoms with van der Waals surface area (Å²) in [5.41, 5.74) is 3.54. The molecule has 4 rings (SSSR count). The molecule has 0 unspecified atom stereocenters. The second-order valence-electron chi connectivity index (χ2n) is 7.33. The Morgan fingerprint density at radius 3 is 2.37 bits per heavy atom. The third kappa shape index (κ3) is 4.83. The summed E-state index contributed by atoms with van der Waals surface area (Å²) < 4.78 is 30.4. The van der Waals surface area contributed by atoms with Gasteiger partial charge >= 0.3 is 0 Å². The molecule has 0 aliphatic heterocycles. The van der Waals surface area contributed by atoms with E-state index >= 15 is 0 Å². The van der Waals surface area contributed by atoms with Gasteiger partial charge in [0.2, 0.25) is 11.7 Å². The van der Waals surface area contributed by atoms with Crippen molar-refractivity contribution in [2.75, 3.05) is 0 Å². The van der Waals surface area contributed by atoms with Crippen LogP contribution in [0.2, 0.25) is 0 Å². The molecule has 8 heteroatoms. The van der Waals surface area contributed by atoms with E-state index in [4.69, 9.17) is 4.52 Å². The van der Waals surface area contributed by atoms with Crippen LogP contribution in [0.4, 0.5) is 0 Å². The highest BCUT2D eigenvalue weighted by atomic mass is 32.2. The van der Waals surface area contributed by atoms with E-state index in [9.17, 15) is 8.42 Å². The lowest BCUT2D eigenvalue weighted by atomic mass is 10.0.